The fourth-order valence-corrected chi connectivity index (χ4v) is 4.12. The van der Waals surface area contributed by atoms with Crippen LogP contribution in [0.4, 0.5) is 11.6 Å². The maximum atomic E-state index is 13.0. The van der Waals surface area contributed by atoms with Crippen LogP contribution in [0.3, 0.4) is 0 Å². The van der Waals surface area contributed by atoms with Crippen LogP contribution in [0.5, 0.6) is 5.88 Å². The monoisotopic (exact) mass is 445 g/mol. The molecule has 33 heavy (non-hydrogen) atoms. The molecule has 0 amide bonds. The smallest absolute Gasteiger partial charge is 0.278 e. The van der Waals surface area contributed by atoms with Crippen LogP contribution in [0.1, 0.15) is 31.9 Å². The van der Waals surface area contributed by atoms with E-state index in [1.165, 1.54) is 11.1 Å². The van der Waals surface area contributed by atoms with Crippen molar-refractivity contribution in [2.45, 2.75) is 46.4 Å². The molecule has 2 N–H and O–H groups in total. The molecule has 0 atom stereocenters. The molecule has 0 radical (unpaired) electrons. The molecule has 0 fully saturated rings. The third-order valence-corrected chi connectivity index (χ3v) is 5.61. The predicted molar refractivity (Wildman–Crippen MR) is 127 cm³/mol. The average molecular weight is 446 g/mol. The number of nitrogens with one attached hydrogen (secondary N) is 2. The van der Waals surface area contributed by atoms with E-state index in [0.29, 0.717) is 35.2 Å². The van der Waals surface area contributed by atoms with Gasteiger partial charge in [0.05, 0.1) is 6.10 Å². The van der Waals surface area contributed by atoms with Gasteiger partial charge in [0.25, 0.3) is 5.56 Å². The number of nitrogens with zero attached hydrogens (tertiary/aromatic N) is 5. The Morgan fingerprint density at radius 3 is 2.88 bits per heavy atom. The molecule has 1 aromatic carbocycles. The van der Waals surface area contributed by atoms with Crippen LogP contribution >= 0.6 is 0 Å². The van der Waals surface area contributed by atoms with E-state index in [0.717, 1.165) is 25.2 Å². The van der Waals surface area contributed by atoms with Crippen LogP contribution in [0.2, 0.25) is 0 Å². The summed E-state index contributed by atoms with van der Waals surface area (Å²) in [6, 6.07) is 11.8. The number of rotatable bonds is 6. The van der Waals surface area contributed by atoms with Crippen molar-refractivity contribution < 1.29 is 4.74 Å². The number of fused-ring (bicyclic) bond motifs is 2. The van der Waals surface area contributed by atoms with E-state index in [4.69, 9.17) is 9.72 Å². The van der Waals surface area contributed by atoms with Gasteiger partial charge in [-0.05, 0) is 63.1 Å². The zero-order valence-corrected chi connectivity index (χ0v) is 19.0. The first-order valence-electron chi connectivity index (χ1n) is 11.3. The molecule has 4 heterocycles. The Balaban J connectivity index is 1.57. The van der Waals surface area contributed by atoms with Crippen LogP contribution in [0.15, 0.2) is 47.4 Å². The van der Waals surface area contributed by atoms with Crippen molar-refractivity contribution >= 4 is 22.7 Å². The first-order valence-corrected chi connectivity index (χ1v) is 11.3. The highest BCUT2D eigenvalue weighted by molar-refractivity contribution is 5.77. The Hall–Kier alpha value is -3.72. The lowest BCUT2D eigenvalue weighted by atomic mass is 10.0. The third kappa shape index (κ3) is 4.07. The van der Waals surface area contributed by atoms with Crippen molar-refractivity contribution in [3.05, 3.63) is 64.1 Å². The normalized spacial score (nSPS) is 13.3. The van der Waals surface area contributed by atoms with Gasteiger partial charge in [-0.3, -0.25) is 4.79 Å². The van der Waals surface area contributed by atoms with Crippen molar-refractivity contribution in [1.29, 1.82) is 0 Å². The van der Waals surface area contributed by atoms with E-state index in [9.17, 15) is 4.79 Å². The van der Waals surface area contributed by atoms with Crippen molar-refractivity contribution in [3.63, 3.8) is 0 Å². The van der Waals surface area contributed by atoms with E-state index in [1.54, 1.807) is 21.6 Å². The summed E-state index contributed by atoms with van der Waals surface area (Å²) in [4.78, 5) is 26.7. The first-order chi connectivity index (χ1) is 16.0. The van der Waals surface area contributed by atoms with Gasteiger partial charge in [0.1, 0.15) is 5.39 Å². The summed E-state index contributed by atoms with van der Waals surface area (Å²) in [6.07, 6.45) is 2.56. The Kier molecular flexibility index (Phi) is 5.55. The standard InChI is InChI=1S/C24H27N7O2/c1-4-30-23(32)19-14-26-24(27-18-9-8-17-13-25-11-10-16(17)12-18)29-22(19)31(30)20-6-5-7-21(28-20)33-15(2)3/h5-9,12,14-15,25H,4,10-11,13H2,1-3H3,(H,26,27,29). The van der Waals surface area contributed by atoms with Gasteiger partial charge in [-0.1, -0.05) is 12.1 Å². The lowest BCUT2D eigenvalue weighted by Crippen LogP contribution is -2.23. The topological polar surface area (TPSA) is 98.9 Å². The lowest BCUT2D eigenvalue weighted by Gasteiger charge is -2.18. The first kappa shape index (κ1) is 21.1. The number of hydrogen-bond donors (Lipinski definition) is 2. The second kappa shape index (κ2) is 8.67. The van der Waals surface area contributed by atoms with E-state index in [-0.39, 0.29) is 11.7 Å². The summed E-state index contributed by atoms with van der Waals surface area (Å²) < 4.78 is 9.10. The van der Waals surface area contributed by atoms with Gasteiger partial charge in [-0.2, -0.15) is 9.97 Å². The molecular formula is C24H27N7O2. The molecule has 9 heteroatoms. The van der Waals surface area contributed by atoms with Crippen LogP contribution in [-0.2, 0) is 19.5 Å². The van der Waals surface area contributed by atoms with Gasteiger partial charge in [0, 0.05) is 31.0 Å². The molecule has 0 bridgehead atoms. The Labute approximate surface area is 191 Å². The molecule has 3 aromatic heterocycles. The van der Waals surface area contributed by atoms with E-state index >= 15 is 0 Å². The highest BCUT2D eigenvalue weighted by atomic mass is 16.5. The van der Waals surface area contributed by atoms with Crippen molar-refractivity contribution in [3.8, 4) is 11.7 Å². The zero-order chi connectivity index (χ0) is 22.9. The molecule has 1 aliphatic rings. The predicted octanol–water partition coefficient (Wildman–Crippen LogP) is 3.17. The molecule has 4 aromatic rings. The molecule has 0 saturated carbocycles. The Morgan fingerprint density at radius 1 is 1.18 bits per heavy atom. The maximum absolute atomic E-state index is 13.0. The fourth-order valence-electron chi connectivity index (χ4n) is 4.12. The zero-order valence-electron chi connectivity index (χ0n) is 19.0. The van der Waals surface area contributed by atoms with Gasteiger partial charge in [-0.15, -0.1) is 0 Å². The molecule has 170 valence electrons. The van der Waals surface area contributed by atoms with Crippen LogP contribution in [-0.4, -0.2) is 37.0 Å². The van der Waals surface area contributed by atoms with Crippen molar-refractivity contribution in [2.75, 3.05) is 11.9 Å². The maximum Gasteiger partial charge on any atom is 0.278 e. The molecule has 0 spiro atoms. The number of anilines is 2. The van der Waals surface area contributed by atoms with E-state index in [1.807, 2.05) is 39.0 Å². The van der Waals surface area contributed by atoms with Gasteiger partial charge in [-0.25, -0.2) is 14.3 Å². The SMILES string of the molecule is CCn1c(=O)c2cnc(Nc3ccc4c(c3)CCNC4)nc2n1-c1cccc(OC(C)C)n1. The fraction of sp³-hybridized carbons (Fsp3) is 0.333. The van der Waals surface area contributed by atoms with Crippen LogP contribution in [0.25, 0.3) is 16.9 Å². The molecule has 0 saturated heterocycles. The number of aromatic nitrogens is 5. The molecular weight excluding hydrogens is 418 g/mol. The Bertz CT molecular complexity index is 1370. The second-order valence-corrected chi connectivity index (χ2v) is 8.30. The largest absolute Gasteiger partial charge is 0.475 e. The molecule has 9 nitrogen and oxygen atoms in total. The third-order valence-electron chi connectivity index (χ3n) is 5.61. The molecule has 0 aliphatic carbocycles. The summed E-state index contributed by atoms with van der Waals surface area (Å²) in [6.45, 7) is 8.14. The minimum atomic E-state index is -0.155. The van der Waals surface area contributed by atoms with Crippen molar-refractivity contribution in [1.82, 2.24) is 29.6 Å². The minimum Gasteiger partial charge on any atom is -0.475 e. The van der Waals surface area contributed by atoms with E-state index in [2.05, 4.69) is 32.7 Å². The summed E-state index contributed by atoms with van der Waals surface area (Å²) in [7, 11) is 0. The van der Waals surface area contributed by atoms with Crippen LogP contribution in [0, 0.1) is 0 Å². The minimum absolute atomic E-state index is 0.00643. The molecule has 1 aliphatic heterocycles. The van der Waals surface area contributed by atoms with Gasteiger partial charge in [0.15, 0.2) is 11.5 Å². The molecule has 5 rings (SSSR count). The number of pyridine rings is 1. The number of benzene rings is 1. The summed E-state index contributed by atoms with van der Waals surface area (Å²) in [5.74, 6) is 1.48. The van der Waals surface area contributed by atoms with E-state index < -0.39 is 0 Å². The average Bonchev–Trinajstić information content (AvgIpc) is 3.09. The quantitative estimate of drug-likeness (QED) is 0.470. The highest BCUT2D eigenvalue weighted by Crippen LogP contribution is 2.23. The summed E-state index contributed by atoms with van der Waals surface area (Å²) in [5.41, 5.74) is 3.89. The van der Waals surface area contributed by atoms with Crippen LogP contribution < -0.4 is 20.9 Å². The summed E-state index contributed by atoms with van der Waals surface area (Å²) >= 11 is 0. The van der Waals surface area contributed by atoms with Gasteiger partial charge in [0.2, 0.25) is 11.8 Å². The number of hydrogen-bond acceptors (Lipinski definition) is 7. The Morgan fingerprint density at radius 2 is 2.06 bits per heavy atom. The second-order valence-electron chi connectivity index (χ2n) is 8.30. The molecule has 0 unspecified atom stereocenters. The lowest BCUT2D eigenvalue weighted by molar-refractivity contribution is 0.232. The number of ether oxygens (including phenoxy) is 1. The van der Waals surface area contributed by atoms with Gasteiger partial charge < -0.3 is 15.4 Å². The summed E-state index contributed by atoms with van der Waals surface area (Å²) in [5, 5.41) is 7.12. The van der Waals surface area contributed by atoms with Gasteiger partial charge >= 0.3 is 0 Å². The van der Waals surface area contributed by atoms with Crippen molar-refractivity contribution in [2.24, 2.45) is 0 Å². The highest BCUT2D eigenvalue weighted by Gasteiger charge is 2.18.